The lowest BCUT2D eigenvalue weighted by Gasteiger charge is -1.90. The van der Waals surface area contributed by atoms with Gasteiger partial charge < -0.3 is 11.1 Å². The van der Waals surface area contributed by atoms with E-state index >= 15 is 0 Å². The highest BCUT2D eigenvalue weighted by atomic mass is 16.1. The first-order valence-corrected chi connectivity index (χ1v) is 4.42. The van der Waals surface area contributed by atoms with Crippen LogP contribution in [0.3, 0.4) is 0 Å². The third-order valence-electron chi connectivity index (χ3n) is 2.20. The molecule has 0 aliphatic rings. The fourth-order valence-corrected chi connectivity index (χ4v) is 1.43. The van der Waals surface area contributed by atoms with Crippen LogP contribution in [0.4, 0.5) is 5.69 Å². The molecule has 74 valence electrons. The van der Waals surface area contributed by atoms with E-state index in [1.165, 1.54) is 0 Å². The van der Waals surface area contributed by atoms with Crippen LogP contribution in [0, 0.1) is 5.41 Å². The van der Waals surface area contributed by atoms with Crippen LogP contribution >= 0.6 is 0 Å². The van der Waals surface area contributed by atoms with Crippen LogP contribution in [0.25, 0.3) is 10.9 Å². The lowest BCUT2D eigenvalue weighted by molar-refractivity contribution is 1.42. The predicted molar refractivity (Wildman–Crippen MR) is 60.3 cm³/mol. The third kappa shape index (κ3) is 1.46. The van der Waals surface area contributed by atoms with Crippen LogP contribution in [-0.4, -0.2) is 11.2 Å². The molecule has 0 fully saturated rings. The molecule has 4 nitrogen and oxygen atoms in total. The summed E-state index contributed by atoms with van der Waals surface area (Å²) in [5.41, 5.74) is 6.49. The number of hydrogen-bond donors (Lipinski definition) is 2. The predicted octanol–water partition coefficient (Wildman–Crippen LogP) is 1.17. The van der Waals surface area contributed by atoms with E-state index in [4.69, 9.17) is 11.1 Å². The Kier molecular flexibility index (Phi) is 2.17. The lowest BCUT2D eigenvalue weighted by Crippen LogP contribution is -2.08. The van der Waals surface area contributed by atoms with Crippen molar-refractivity contribution in [2.75, 3.05) is 5.73 Å². The van der Waals surface area contributed by atoms with Crippen molar-refractivity contribution in [1.82, 2.24) is 4.98 Å². The molecule has 0 radical (unpaired) electrons. The second-order valence-corrected chi connectivity index (χ2v) is 3.11. The van der Waals surface area contributed by atoms with E-state index in [1.807, 2.05) is 0 Å². The van der Waals surface area contributed by atoms with Gasteiger partial charge in [0, 0.05) is 23.5 Å². The molecule has 15 heavy (non-hydrogen) atoms. The molecule has 1 heterocycles. The first kappa shape index (κ1) is 9.33. The van der Waals surface area contributed by atoms with Crippen molar-refractivity contribution >= 4 is 22.8 Å². The average Bonchev–Trinajstić information content (AvgIpc) is 2.38. The Morgan fingerprint density at radius 2 is 2.13 bits per heavy atom. The molecule has 0 saturated carbocycles. The van der Waals surface area contributed by atoms with Gasteiger partial charge >= 0.3 is 0 Å². The first-order valence-electron chi connectivity index (χ1n) is 4.42. The molecule has 0 unspecified atom stereocenters. The van der Waals surface area contributed by atoms with Crippen molar-refractivity contribution in [1.29, 1.82) is 5.41 Å². The summed E-state index contributed by atoms with van der Waals surface area (Å²) in [5, 5.41) is 7.64. The summed E-state index contributed by atoms with van der Waals surface area (Å²) in [6.07, 6.45) is 2.59. The van der Waals surface area contributed by atoms with Gasteiger partial charge in [-0.05, 0) is 24.3 Å². The summed E-state index contributed by atoms with van der Waals surface area (Å²) < 4.78 is 0. The van der Waals surface area contributed by atoms with Crippen LogP contribution in [0.15, 0.2) is 35.3 Å². The highest BCUT2D eigenvalue weighted by Gasteiger charge is 2.04. The highest BCUT2D eigenvalue weighted by molar-refractivity contribution is 5.90. The molecule has 4 heteroatoms. The number of fused-ring (bicyclic) bond motifs is 1. The Balaban J connectivity index is 3.07. The molecule has 2 aromatic rings. The maximum Gasteiger partial charge on any atom is 0.198 e. The molecule has 2 rings (SSSR count). The minimum Gasteiger partial charge on any atom is -0.398 e. The summed E-state index contributed by atoms with van der Waals surface area (Å²) in [5.74, 6) is 0. The molecule has 0 spiro atoms. The largest absolute Gasteiger partial charge is 0.398 e. The molecular formula is C11H9N3O. The monoisotopic (exact) mass is 199 g/mol. The van der Waals surface area contributed by atoms with E-state index < -0.39 is 0 Å². The van der Waals surface area contributed by atoms with E-state index in [2.05, 4.69) is 4.98 Å². The zero-order chi connectivity index (χ0) is 10.8. The van der Waals surface area contributed by atoms with Gasteiger partial charge in [-0.15, -0.1) is 0 Å². The standard InChI is InChI=1S/C11H9N3O/c12-6-8-9(13)3-4-10-7(11(8)15)2-1-5-14-10/h1-6,12H,13H2. The van der Waals surface area contributed by atoms with Gasteiger partial charge in [0.05, 0.1) is 11.1 Å². The van der Waals surface area contributed by atoms with Crippen LogP contribution in [0.2, 0.25) is 0 Å². The minimum absolute atomic E-state index is 0.206. The third-order valence-corrected chi connectivity index (χ3v) is 2.20. The topological polar surface area (TPSA) is 79.8 Å². The molecule has 0 aliphatic carbocycles. The number of anilines is 1. The number of aromatic nitrogens is 1. The number of nitrogens with one attached hydrogen (secondary N) is 1. The number of nitrogens with two attached hydrogens (primary N) is 1. The number of hydrogen-bond acceptors (Lipinski definition) is 4. The van der Waals surface area contributed by atoms with Crippen LogP contribution in [0.1, 0.15) is 5.56 Å². The Labute approximate surface area is 85.9 Å². The smallest absolute Gasteiger partial charge is 0.198 e. The molecule has 0 bridgehead atoms. The van der Waals surface area contributed by atoms with Crippen molar-refractivity contribution in [2.24, 2.45) is 0 Å². The molecule has 3 N–H and O–H groups in total. The van der Waals surface area contributed by atoms with Crippen molar-refractivity contribution in [3.8, 4) is 0 Å². The van der Waals surface area contributed by atoms with Crippen LogP contribution in [-0.2, 0) is 0 Å². The van der Waals surface area contributed by atoms with E-state index in [0.717, 1.165) is 6.21 Å². The molecule has 1 aromatic heterocycles. The summed E-state index contributed by atoms with van der Waals surface area (Å²) in [6.45, 7) is 0. The van der Waals surface area contributed by atoms with Gasteiger partial charge in [0.1, 0.15) is 0 Å². The molecule has 0 atom stereocenters. The normalized spacial score (nSPS) is 10.1. The Bertz CT molecular complexity index is 593. The second kappa shape index (κ2) is 3.49. The fraction of sp³-hybridized carbons (Fsp3) is 0. The zero-order valence-electron chi connectivity index (χ0n) is 7.90. The quantitative estimate of drug-likeness (QED) is 0.676. The van der Waals surface area contributed by atoms with Gasteiger partial charge in [-0.25, -0.2) is 0 Å². The van der Waals surface area contributed by atoms with Gasteiger partial charge in [0.15, 0.2) is 5.43 Å². The van der Waals surface area contributed by atoms with Crippen molar-refractivity contribution in [3.63, 3.8) is 0 Å². The Hall–Kier alpha value is -2.23. The highest BCUT2D eigenvalue weighted by Crippen LogP contribution is 2.10. The zero-order valence-corrected chi connectivity index (χ0v) is 7.90. The summed E-state index contributed by atoms with van der Waals surface area (Å²) in [4.78, 5) is 16.0. The van der Waals surface area contributed by atoms with Crippen molar-refractivity contribution < 1.29 is 0 Å². The van der Waals surface area contributed by atoms with Crippen LogP contribution < -0.4 is 11.2 Å². The Morgan fingerprint density at radius 3 is 2.87 bits per heavy atom. The van der Waals surface area contributed by atoms with Crippen LogP contribution in [0.5, 0.6) is 0 Å². The lowest BCUT2D eigenvalue weighted by atomic mass is 10.2. The number of nitrogens with zero attached hydrogens (tertiary/aromatic N) is 1. The summed E-state index contributed by atoms with van der Waals surface area (Å²) >= 11 is 0. The first-order chi connectivity index (χ1) is 7.24. The van der Waals surface area contributed by atoms with E-state index in [0.29, 0.717) is 16.6 Å². The maximum absolute atomic E-state index is 11.9. The molecule has 0 saturated heterocycles. The van der Waals surface area contributed by atoms with E-state index in [-0.39, 0.29) is 11.0 Å². The van der Waals surface area contributed by atoms with Gasteiger partial charge in [0.25, 0.3) is 0 Å². The van der Waals surface area contributed by atoms with Gasteiger partial charge in [-0.1, -0.05) is 0 Å². The van der Waals surface area contributed by atoms with Crippen molar-refractivity contribution in [3.05, 3.63) is 46.2 Å². The molecule has 0 amide bonds. The average molecular weight is 199 g/mol. The Morgan fingerprint density at radius 1 is 1.33 bits per heavy atom. The maximum atomic E-state index is 11.9. The summed E-state index contributed by atoms with van der Waals surface area (Å²) in [7, 11) is 0. The fourth-order valence-electron chi connectivity index (χ4n) is 1.43. The number of pyridine rings is 1. The van der Waals surface area contributed by atoms with E-state index in [9.17, 15) is 4.79 Å². The van der Waals surface area contributed by atoms with Crippen molar-refractivity contribution in [2.45, 2.75) is 0 Å². The van der Waals surface area contributed by atoms with Gasteiger partial charge in [-0.3, -0.25) is 9.78 Å². The minimum atomic E-state index is -0.254. The summed E-state index contributed by atoms with van der Waals surface area (Å²) in [6, 6.07) is 6.64. The molecule has 0 aliphatic heterocycles. The van der Waals surface area contributed by atoms with E-state index in [1.54, 1.807) is 30.5 Å². The van der Waals surface area contributed by atoms with Gasteiger partial charge in [-0.2, -0.15) is 0 Å². The molecular weight excluding hydrogens is 190 g/mol. The van der Waals surface area contributed by atoms with Gasteiger partial charge in [0.2, 0.25) is 0 Å². The molecule has 1 aromatic carbocycles. The second-order valence-electron chi connectivity index (χ2n) is 3.11. The number of rotatable bonds is 1. The SMILES string of the molecule is N=Cc1c(N)ccc2ncccc2c1=O. The number of nitrogen functional groups attached to an aromatic ring is 1.